The molecule has 0 unspecified atom stereocenters. The number of nitrogens with zero attached hydrogens (tertiary/aromatic N) is 2. The zero-order valence-corrected chi connectivity index (χ0v) is 18.9. The Morgan fingerprint density at radius 1 is 0.939 bits per heavy atom. The minimum absolute atomic E-state index is 0.266. The van der Waals surface area contributed by atoms with E-state index < -0.39 is 10.9 Å². The van der Waals surface area contributed by atoms with E-state index in [2.05, 4.69) is 27.5 Å². The number of hydrogen-bond donors (Lipinski definition) is 3. The van der Waals surface area contributed by atoms with Gasteiger partial charge in [0.1, 0.15) is 28.4 Å². The van der Waals surface area contributed by atoms with Gasteiger partial charge in [0.2, 0.25) is 0 Å². The number of nitrogens with two attached hydrogens (primary N) is 1. The second-order valence-electron chi connectivity index (χ2n) is 7.80. The summed E-state index contributed by atoms with van der Waals surface area (Å²) in [4.78, 5) is 35.0. The lowest BCUT2D eigenvalue weighted by atomic mass is 10.0. The summed E-state index contributed by atoms with van der Waals surface area (Å²) < 4.78 is 0. The fourth-order valence-corrected chi connectivity index (χ4v) is 5.03. The lowest BCUT2D eigenvalue weighted by Gasteiger charge is -2.15. The Labute approximate surface area is 193 Å². The zero-order valence-electron chi connectivity index (χ0n) is 18.1. The molecule has 0 saturated carbocycles. The molecule has 0 fully saturated rings. The Balaban J connectivity index is 1.45. The van der Waals surface area contributed by atoms with Gasteiger partial charge in [0.25, 0.3) is 10.9 Å². The van der Waals surface area contributed by atoms with E-state index in [-0.39, 0.29) is 11.4 Å². The third kappa shape index (κ3) is 3.64. The second-order valence-corrected chi connectivity index (χ2v) is 8.88. The minimum atomic E-state index is -0.531. The molecule has 33 heavy (non-hydrogen) atoms. The van der Waals surface area contributed by atoms with Crippen LogP contribution in [0.5, 0.6) is 0 Å². The lowest BCUT2D eigenvalue weighted by Crippen LogP contribution is -2.35. The molecule has 0 aliphatic heterocycles. The van der Waals surface area contributed by atoms with Gasteiger partial charge in [0.05, 0.1) is 5.39 Å². The van der Waals surface area contributed by atoms with Crippen molar-refractivity contribution in [1.29, 1.82) is 0 Å². The quantitative estimate of drug-likeness (QED) is 0.313. The van der Waals surface area contributed by atoms with Crippen LogP contribution < -0.4 is 27.2 Å². The number of aryl methyl sites for hydroxylation is 2. The highest BCUT2D eigenvalue weighted by atomic mass is 32.1. The lowest BCUT2D eigenvalue weighted by molar-refractivity contribution is 1.19. The van der Waals surface area contributed by atoms with Crippen LogP contribution >= 0.6 is 11.3 Å². The first-order valence-corrected chi connectivity index (χ1v) is 11.3. The number of anilines is 5. The Morgan fingerprint density at radius 3 is 2.30 bits per heavy atom. The van der Waals surface area contributed by atoms with Crippen LogP contribution in [-0.2, 0) is 6.42 Å². The maximum absolute atomic E-state index is 12.2. The molecule has 0 amide bonds. The van der Waals surface area contributed by atoms with Gasteiger partial charge in [0.15, 0.2) is 0 Å². The zero-order chi connectivity index (χ0) is 23.1. The monoisotopic (exact) mass is 455 g/mol. The van der Waals surface area contributed by atoms with Crippen molar-refractivity contribution in [3.63, 3.8) is 0 Å². The van der Waals surface area contributed by atoms with E-state index in [1.807, 2.05) is 55.5 Å². The molecular weight excluding hydrogens is 434 g/mol. The molecule has 5 rings (SSSR count). The first-order valence-electron chi connectivity index (χ1n) is 10.5. The summed E-state index contributed by atoms with van der Waals surface area (Å²) in [6, 6.07) is 15.3. The molecule has 164 valence electrons. The molecule has 0 aliphatic rings. The first-order chi connectivity index (χ1) is 16.0. The summed E-state index contributed by atoms with van der Waals surface area (Å²) >= 11 is 1.62. The highest BCUT2D eigenvalue weighted by Gasteiger charge is 2.22. The number of benzene rings is 2. The van der Waals surface area contributed by atoms with Crippen molar-refractivity contribution in [2.75, 3.05) is 16.4 Å². The van der Waals surface area contributed by atoms with Gasteiger partial charge in [-0.1, -0.05) is 31.2 Å². The van der Waals surface area contributed by atoms with Crippen LogP contribution in [0.3, 0.4) is 0 Å². The first kappa shape index (κ1) is 20.8. The minimum Gasteiger partial charge on any atom is -0.383 e. The van der Waals surface area contributed by atoms with Gasteiger partial charge in [-0.15, -0.1) is 11.3 Å². The molecule has 3 aromatic carbocycles. The molecule has 7 nitrogen and oxygen atoms in total. The van der Waals surface area contributed by atoms with Gasteiger partial charge >= 0.3 is 0 Å². The third-order valence-corrected chi connectivity index (χ3v) is 6.79. The van der Waals surface area contributed by atoms with E-state index >= 15 is 0 Å². The van der Waals surface area contributed by atoms with E-state index in [4.69, 9.17) is 5.73 Å². The van der Waals surface area contributed by atoms with Crippen LogP contribution in [0.2, 0.25) is 0 Å². The van der Waals surface area contributed by atoms with E-state index in [9.17, 15) is 9.59 Å². The van der Waals surface area contributed by atoms with Gasteiger partial charge in [-0.2, -0.15) is 0 Å². The number of fused-ring (bicyclic) bond motifs is 1. The molecule has 0 aliphatic carbocycles. The summed E-state index contributed by atoms with van der Waals surface area (Å²) in [6.45, 7) is 4.07. The molecule has 5 aromatic rings. The van der Waals surface area contributed by atoms with Crippen molar-refractivity contribution in [1.82, 2.24) is 9.97 Å². The van der Waals surface area contributed by atoms with Crippen molar-refractivity contribution in [2.45, 2.75) is 20.3 Å². The van der Waals surface area contributed by atoms with Crippen molar-refractivity contribution in [2.24, 2.45) is 0 Å². The van der Waals surface area contributed by atoms with E-state index in [1.165, 1.54) is 11.2 Å². The molecule has 8 heteroatoms. The maximum Gasteiger partial charge on any atom is 0.253 e. The van der Waals surface area contributed by atoms with E-state index in [1.54, 1.807) is 11.3 Å². The molecule has 0 radical (unpaired) electrons. The van der Waals surface area contributed by atoms with Crippen LogP contribution in [0.4, 0.5) is 28.6 Å². The summed E-state index contributed by atoms with van der Waals surface area (Å²) in [6.07, 6.45) is 2.34. The van der Waals surface area contributed by atoms with Crippen LogP contribution in [0.15, 0.2) is 64.4 Å². The summed E-state index contributed by atoms with van der Waals surface area (Å²) in [5, 5.41) is 7.03. The van der Waals surface area contributed by atoms with Crippen molar-refractivity contribution in [3.8, 4) is 11.1 Å². The molecule has 0 atom stereocenters. The smallest absolute Gasteiger partial charge is 0.253 e. The molecule has 0 saturated heterocycles. The highest BCUT2D eigenvalue weighted by molar-refractivity contribution is 7.19. The number of thiophene rings is 1. The average Bonchev–Trinajstić information content (AvgIpc) is 3.21. The van der Waals surface area contributed by atoms with Gasteiger partial charge in [-0.05, 0) is 48.7 Å². The average molecular weight is 456 g/mol. The highest BCUT2D eigenvalue weighted by Crippen LogP contribution is 2.40. The fourth-order valence-electron chi connectivity index (χ4n) is 3.92. The van der Waals surface area contributed by atoms with Gasteiger partial charge < -0.3 is 16.4 Å². The van der Waals surface area contributed by atoms with E-state index in [0.29, 0.717) is 11.5 Å². The van der Waals surface area contributed by atoms with Crippen LogP contribution in [0, 0.1) is 6.92 Å². The van der Waals surface area contributed by atoms with Crippen molar-refractivity contribution < 1.29 is 0 Å². The van der Waals surface area contributed by atoms with Crippen LogP contribution in [0.1, 0.15) is 17.4 Å². The molecule has 2 heterocycles. The molecule has 0 spiro atoms. The predicted octanol–water partition coefficient (Wildman–Crippen LogP) is 4.89. The normalized spacial score (nSPS) is 11.2. The number of hydrogen-bond acceptors (Lipinski definition) is 8. The topological polar surface area (TPSA) is 110 Å². The standard InChI is InChI=1S/C25H21N5O2S/c1-3-17-18(19-24(26)27-12-28-25(19)33-17)14-7-9-15(10-8-14)29-20-21(23(32)22(20)31)30-16-6-4-5-13(2)11-16/h4-12,29-30H,3H2,1-2H3,(H2,26,27,28). The van der Waals surface area contributed by atoms with Crippen molar-refractivity contribution in [3.05, 3.63) is 85.7 Å². The van der Waals surface area contributed by atoms with Crippen LogP contribution in [-0.4, -0.2) is 9.97 Å². The van der Waals surface area contributed by atoms with E-state index in [0.717, 1.165) is 39.0 Å². The van der Waals surface area contributed by atoms with Gasteiger partial charge in [0, 0.05) is 21.8 Å². The number of nitrogen functional groups attached to an aromatic ring is 1. The molecule has 2 aromatic heterocycles. The molecule has 0 bridgehead atoms. The Morgan fingerprint density at radius 2 is 1.64 bits per heavy atom. The predicted molar refractivity (Wildman–Crippen MR) is 136 cm³/mol. The maximum atomic E-state index is 12.2. The summed E-state index contributed by atoms with van der Waals surface area (Å²) in [5.74, 6) is 0.462. The number of nitrogens with one attached hydrogen (secondary N) is 2. The SMILES string of the molecule is CCc1sc2ncnc(N)c2c1-c1ccc(Nc2c(Nc3cccc(C)c3)c(=O)c2=O)cc1. The summed E-state index contributed by atoms with van der Waals surface area (Å²) in [5.41, 5.74) is 10.2. The van der Waals surface area contributed by atoms with Gasteiger partial charge in [-0.3, -0.25) is 9.59 Å². The second kappa shape index (κ2) is 8.14. The Kier molecular flexibility index (Phi) is 5.14. The number of aromatic nitrogens is 2. The van der Waals surface area contributed by atoms with Crippen LogP contribution in [0.25, 0.3) is 21.3 Å². The largest absolute Gasteiger partial charge is 0.383 e. The fraction of sp³-hybridized carbons (Fsp3) is 0.120. The third-order valence-electron chi connectivity index (χ3n) is 5.55. The molecule has 4 N–H and O–H groups in total. The van der Waals surface area contributed by atoms with Gasteiger partial charge in [-0.25, -0.2) is 9.97 Å². The Bertz CT molecular complexity index is 1560. The molecular formula is C25H21N5O2S. The number of rotatable bonds is 6. The van der Waals surface area contributed by atoms with Crippen molar-refractivity contribution >= 4 is 50.1 Å². The summed E-state index contributed by atoms with van der Waals surface area (Å²) in [7, 11) is 0. The Hall–Kier alpha value is -4.04.